The number of carbonyl (C=O) groups excluding carboxylic acids is 1. The predicted molar refractivity (Wildman–Crippen MR) is 74.6 cm³/mol. The summed E-state index contributed by atoms with van der Waals surface area (Å²) < 4.78 is 5.42. The molecule has 0 aromatic heterocycles. The number of ether oxygens (including phenoxy) is 1. The molecule has 1 aliphatic heterocycles. The highest BCUT2D eigenvalue weighted by atomic mass is 35.5. The topological polar surface area (TPSA) is 50.4 Å². The van der Waals surface area contributed by atoms with Gasteiger partial charge in [0.25, 0.3) is 0 Å². The average Bonchev–Trinajstić information content (AvgIpc) is 2.76. The summed E-state index contributed by atoms with van der Waals surface area (Å²) in [5, 5.41) is 5.92. The zero-order chi connectivity index (χ0) is 12.3. The molecule has 2 N–H and O–H groups in total. The summed E-state index contributed by atoms with van der Waals surface area (Å²) in [5.74, 6) is 0.939. The molecule has 0 bridgehead atoms. The molecule has 1 unspecified atom stereocenters. The van der Waals surface area contributed by atoms with Gasteiger partial charge in [-0.3, -0.25) is 4.79 Å². The molecular weight excluding hydrogens is 252 g/mol. The Labute approximate surface area is 114 Å². The van der Waals surface area contributed by atoms with Crippen LogP contribution in [0.2, 0.25) is 0 Å². The molecule has 100 valence electrons. The van der Waals surface area contributed by atoms with Crippen molar-refractivity contribution in [2.24, 2.45) is 5.92 Å². The zero-order valence-corrected chi connectivity index (χ0v) is 11.5. The maximum Gasteiger partial charge on any atom is 0.228 e. The van der Waals surface area contributed by atoms with E-state index in [0.29, 0.717) is 6.54 Å². The molecule has 1 amide bonds. The van der Waals surface area contributed by atoms with Crippen molar-refractivity contribution in [1.29, 1.82) is 0 Å². The Balaban J connectivity index is 0.00000162. The van der Waals surface area contributed by atoms with E-state index in [0.717, 1.165) is 24.5 Å². The van der Waals surface area contributed by atoms with Gasteiger partial charge in [0.15, 0.2) is 0 Å². The second-order valence-electron chi connectivity index (χ2n) is 4.37. The van der Waals surface area contributed by atoms with Gasteiger partial charge in [0.05, 0.1) is 6.61 Å². The van der Waals surface area contributed by atoms with Crippen molar-refractivity contribution < 1.29 is 9.53 Å². The van der Waals surface area contributed by atoms with E-state index >= 15 is 0 Å². The molecular formula is C13H19ClN2O2. The number of hydrogen-bond acceptors (Lipinski definition) is 3. The van der Waals surface area contributed by atoms with E-state index in [1.165, 1.54) is 5.56 Å². The van der Waals surface area contributed by atoms with Crippen LogP contribution in [0, 0.1) is 5.92 Å². The van der Waals surface area contributed by atoms with E-state index in [2.05, 4.69) is 10.6 Å². The van der Waals surface area contributed by atoms with Crippen LogP contribution in [-0.4, -0.2) is 26.1 Å². The van der Waals surface area contributed by atoms with Gasteiger partial charge >= 0.3 is 0 Å². The molecule has 5 heteroatoms. The molecule has 1 aromatic carbocycles. The number of amides is 1. The molecule has 0 radical (unpaired) electrons. The van der Waals surface area contributed by atoms with Gasteiger partial charge in [0.2, 0.25) is 5.91 Å². The highest BCUT2D eigenvalue weighted by Gasteiger charge is 2.15. The lowest BCUT2D eigenvalue weighted by Gasteiger charge is -2.12. The molecule has 0 aliphatic carbocycles. The molecule has 4 nitrogen and oxygen atoms in total. The molecule has 0 saturated carbocycles. The van der Waals surface area contributed by atoms with Crippen LogP contribution in [0.4, 0.5) is 5.69 Å². The molecule has 18 heavy (non-hydrogen) atoms. The number of nitrogens with one attached hydrogen (secondary N) is 2. The smallest absolute Gasteiger partial charge is 0.228 e. The number of rotatable bonds is 4. The monoisotopic (exact) mass is 270 g/mol. The molecule has 0 saturated heterocycles. The van der Waals surface area contributed by atoms with Crippen molar-refractivity contribution >= 4 is 24.0 Å². The van der Waals surface area contributed by atoms with Crippen LogP contribution in [0.1, 0.15) is 12.5 Å². The third-order valence-corrected chi connectivity index (χ3v) is 2.91. The lowest BCUT2D eigenvalue weighted by atomic mass is 10.1. The number of benzene rings is 1. The number of anilines is 1. The molecule has 2 rings (SSSR count). The van der Waals surface area contributed by atoms with E-state index in [1.54, 1.807) is 0 Å². The van der Waals surface area contributed by atoms with Crippen molar-refractivity contribution in [3.63, 3.8) is 0 Å². The van der Waals surface area contributed by atoms with Gasteiger partial charge in [-0.25, -0.2) is 0 Å². The third-order valence-electron chi connectivity index (χ3n) is 2.91. The summed E-state index contributed by atoms with van der Waals surface area (Å²) in [7, 11) is 1.84. The summed E-state index contributed by atoms with van der Waals surface area (Å²) in [6, 6.07) is 5.79. The number of carbonyl (C=O) groups is 1. The first kappa shape index (κ1) is 14.8. The molecule has 1 aromatic rings. The Bertz CT molecular complexity index is 423. The van der Waals surface area contributed by atoms with Gasteiger partial charge in [-0.2, -0.15) is 0 Å². The number of halogens is 1. The fraction of sp³-hybridized carbons (Fsp3) is 0.462. The minimum Gasteiger partial charge on any atom is -0.493 e. The normalized spacial score (nSPS) is 14.1. The van der Waals surface area contributed by atoms with E-state index in [1.807, 2.05) is 32.2 Å². The van der Waals surface area contributed by atoms with Gasteiger partial charge in [-0.05, 0) is 30.8 Å². The van der Waals surface area contributed by atoms with E-state index in [-0.39, 0.29) is 24.2 Å². The van der Waals surface area contributed by atoms with Crippen LogP contribution in [0.3, 0.4) is 0 Å². The Hall–Kier alpha value is -1.26. The van der Waals surface area contributed by atoms with Crippen LogP contribution in [-0.2, 0) is 11.2 Å². The van der Waals surface area contributed by atoms with Gasteiger partial charge in [0.1, 0.15) is 5.75 Å². The minimum absolute atomic E-state index is 0. The fourth-order valence-electron chi connectivity index (χ4n) is 1.93. The SMILES string of the molecule is CNCC(C)C(=O)Nc1ccc2c(c1)CCO2.Cl. The summed E-state index contributed by atoms with van der Waals surface area (Å²) >= 11 is 0. The summed E-state index contributed by atoms with van der Waals surface area (Å²) in [6.07, 6.45) is 0.922. The minimum atomic E-state index is -0.0375. The number of hydrogen-bond donors (Lipinski definition) is 2. The van der Waals surface area contributed by atoms with Gasteiger partial charge < -0.3 is 15.4 Å². The van der Waals surface area contributed by atoms with Crippen LogP contribution < -0.4 is 15.4 Å². The first-order valence-electron chi connectivity index (χ1n) is 5.92. The second-order valence-corrected chi connectivity index (χ2v) is 4.37. The first-order valence-corrected chi connectivity index (χ1v) is 5.92. The van der Waals surface area contributed by atoms with Crippen molar-refractivity contribution in [3.8, 4) is 5.75 Å². The second kappa shape index (κ2) is 6.61. The standard InChI is InChI=1S/C13H18N2O2.ClH/c1-9(8-14-2)13(16)15-11-3-4-12-10(7-11)5-6-17-12;/h3-4,7,9,14H,5-6,8H2,1-2H3,(H,15,16);1H. The van der Waals surface area contributed by atoms with Gasteiger partial charge in [-0.15, -0.1) is 12.4 Å². The quantitative estimate of drug-likeness (QED) is 0.878. The Morgan fingerprint density at radius 1 is 1.50 bits per heavy atom. The van der Waals surface area contributed by atoms with Crippen molar-refractivity contribution in [1.82, 2.24) is 5.32 Å². The first-order chi connectivity index (χ1) is 8.20. The molecule has 1 heterocycles. The van der Waals surface area contributed by atoms with Crippen molar-refractivity contribution in [2.75, 3.05) is 25.5 Å². The highest BCUT2D eigenvalue weighted by Crippen LogP contribution is 2.27. The predicted octanol–water partition coefficient (Wildman–Crippen LogP) is 1.84. The maximum absolute atomic E-state index is 11.8. The highest BCUT2D eigenvalue weighted by molar-refractivity contribution is 5.92. The lowest BCUT2D eigenvalue weighted by molar-refractivity contribution is -0.119. The van der Waals surface area contributed by atoms with Gasteiger partial charge in [0, 0.05) is 24.6 Å². The molecule has 1 aliphatic rings. The van der Waals surface area contributed by atoms with E-state index in [9.17, 15) is 4.79 Å². The molecule has 0 fully saturated rings. The Kier molecular flexibility index (Phi) is 5.44. The van der Waals surface area contributed by atoms with Crippen LogP contribution in [0.25, 0.3) is 0 Å². The van der Waals surface area contributed by atoms with Crippen molar-refractivity contribution in [2.45, 2.75) is 13.3 Å². The molecule has 0 spiro atoms. The van der Waals surface area contributed by atoms with Crippen LogP contribution in [0.5, 0.6) is 5.75 Å². The summed E-state index contributed by atoms with van der Waals surface area (Å²) in [4.78, 5) is 11.8. The fourth-order valence-corrected chi connectivity index (χ4v) is 1.93. The Morgan fingerprint density at radius 2 is 2.28 bits per heavy atom. The van der Waals surface area contributed by atoms with Crippen LogP contribution >= 0.6 is 12.4 Å². The van der Waals surface area contributed by atoms with Crippen molar-refractivity contribution in [3.05, 3.63) is 23.8 Å². The largest absolute Gasteiger partial charge is 0.493 e. The molecule has 1 atom stereocenters. The summed E-state index contributed by atoms with van der Waals surface area (Å²) in [6.45, 7) is 3.32. The lowest BCUT2D eigenvalue weighted by Crippen LogP contribution is -2.28. The third kappa shape index (κ3) is 3.37. The Morgan fingerprint density at radius 3 is 3.00 bits per heavy atom. The number of fused-ring (bicyclic) bond motifs is 1. The average molecular weight is 271 g/mol. The van der Waals surface area contributed by atoms with E-state index in [4.69, 9.17) is 4.74 Å². The van der Waals surface area contributed by atoms with Crippen LogP contribution in [0.15, 0.2) is 18.2 Å². The summed E-state index contributed by atoms with van der Waals surface area (Å²) in [5.41, 5.74) is 2.02. The zero-order valence-electron chi connectivity index (χ0n) is 10.7. The van der Waals surface area contributed by atoms with E-state index < -0.39 is 0 Å². The maximum atomic E-state index is 11.8. The van der Waals surface area contributed by atoms with Gasteiger partial charge in [-0.1, -0.05) is 6.92 Å².